The summed E-state index contributed by atoms with van der Waals surface area (Å²) in [5, 5.41) is 11.9. The summed E-state index contributed by atoms with van der Waals surface area (Å²) in [6.07, 6.45) is 4.49. The highest BCUT2D eigenvalue weighted by atomic mass is 35.5. The minimum absolute atomic E-state index is 0.110. The molecule has 1 aliphatic rings. The van der Waals surface area contributed by atoms with Crippen LogP contribution in [0.3, 0.4) is 0 Å². The summed E-state index contributed by atoms with van der Waals surface area (Å²) >= 11 is 6.00. The minimum Gasteiger partial charge on any atom is -0.469 e. The van der Waals surface area contributed by atoms with Crippen LogP contribution in [0.2, 0.25) is 5.02 Å². The molecule has 0 atom stereocenters. The van der Waals surface area contributed by atoms with Gasteiger partial charge in [-0.25, -0.2) is 0 Å². The molecule has 1 aromatic heterocycles. The second kappa shape index (κ2) is 9.19. The van der Waals surface area contributed by atoms with Crippen molar-refractivity contribution in [2.45, 2.75) is 50.4 Å². The Labute approximate surface area is 168 Å². The number of methoxy groups -OCH3 is 1. The number of amides is 1. The van der Waals surface area contributed by atoms with Gasteiger partial charge in [0.15, 0.2) is 0 Å². The fourth-order valence-electron chi connectivity index (χ4n) is 3.34. The SMILES string of the molecule is COC(=O)CCCNC(=O)CCc1nnc(C2(c3ccc(Cl)cc3)CCC2)o1. The van der Waals surface area contributed by atoms with Gasteiger partial charge in [0.25, 0.3) is 0 Å². The molecule has 1 amide bonds. The lowest BCUT2D eigenvalue weighted by Crippen LogP contribution is -2.35. The molecule has 1 aliphatic carbocycles. The molecule has 0 bridgehead atoms. The van der Waals surface area contributed by atoms with Crippen LogP contribution in [0.5, 0.6) is 0 Å². The zero-order valence-corrected chi connectivity index (χ0v) is 16.6. The van der Waals surface area contributed by atoms with E-state index < -0.39 is 0 Å². The average molecular weight is 406 g/mol. The van der Waals surface area contributed by atoms with Gasteiger partial charge in [0.2, 0.25) is 17.7 Å². The van der Waals surface area contributed by atoms with Gasteiger partial charge in [-0.3, -0.25) is 9.59 Å². The smallest absolute Gasteiger partial charge is 0.305 e. The van der Waals surface area contributed by atoms with Crippen LogP contribution in [-0.4, -0.2) is 35.7 Å². The third kappa shape index (κ3) is 4.70. The molecule has 0 aliphatic heterocycles. The molecule has 1 fully saturated rings. The van der Waals surface area contributed by atoms with Crippen LogP contribution >= 0.6 is 11.6 Å². The number of carbonyl (C=O) groups excluding carboxylic acids is 2. The molecule has 1 N–H and O–H groups in total. The Morgan fingerprint density at radius 1 is 1.21 bits per heavy atom. The zero-order chi connectivity index (χ0) is 20.0. The summed E-state index contributed by atoms with van der Waals surface area (Å²) in [5.41, 5.74) is 0.883. The maximum atomic E-state index is 11.9. The highest BCUT2D eigenvalue weighted by Gasteiger charge is 2.45. The number of aromatic nitrogens is 2. The molecule has 3 rings (SSSR count). The number of hydrogen-bond acceptors (Lipinski definition) is 6. The van der Waals surface area contributed by atoms with Gasteiger partial charge in [-0.2, -0.15) is 0 Å². The minimum atomic E-state index is -0.279. The van der Waals surface area contributed by atoms with Crippen LogP contribution < -0.4 is 5.32 Å². The molecule has 0 spiro atoms. The number of esters is 1. The van der Waals surface area contributed by atoms with E-state index in [1.807, 2.05) is 24.3 Å². The average Bonchev–Trinajstić information content (AvgIpc) is 3.13. The van der Waals surface area contributed by atoms with Crippen molar-refractivity contribution in [2.24, 2.45) is 0 Å². The number of carbonyl (C=O) groups is 2. The topological polar surface area (TPSA) is 94.3 Å². The Morgan fingerprint density at radius 2 is 1.96 bits per heavy atom. The lowest BCUT2D eigenvalue weighted by atomic mass is 9.64. The summed E-state index contributed by atoms with van der Waals surface area (Å²) in [6.45, 7) is 0.433. The van der Waals surface area contributed by atoms with E-state index in [9.17, 15) is 9.59 Å². The Balaban J connectivity index is 1.52. The van der Waals surface area contributed by atoms with Crippen molar-refractivity contribution in [1.82, 2.24) is 15.5 Å². The Kier molecular flexibility index (Phi) is 6.67. The number of hydrogen-bond donors (Lipinski definition) is 1. The standard InChI is InChI=1S/C20H24ClN3O4/c1-27-18(26)4-2-13-22-16(25)9-10-17-23-24-19(28-17)20(11-3-12-20)14-5-7-15(21)8-6-14/h5-8H,2-4,9-13H2,1H3,(H,22,25). The van der Waals surface area contributed by atoms with E-state index in [1.165, 1.54) is 7.11 Å². The molecule has 7 nitrogen and oxygen atoms in total. The number of aryl methyl sites for hydroxylation is 1. The normalized spacial score (nSPS) is 14.9. The summed E-state index contributed by atoms with van der Waals surface area (Å²) in [6, 6.07) is 7.76. The number of ether oxygens (including phenoxy) is 1. The molecule has 1 heterocycles. The molecule has 28 heavy (non-hydrogen) atoms. The molecule has 1 saturated carbocycles. The summed E-state index contributed by atoms with van der Waals surface area (Å²) < 4.78 is 10.5. The third-order valence-electron chi connectivity index (χ3n) is 5.15. The molecule has 0 radical (unpaired) electrons. The number of nitrogens with zero attached hydrogens (tertiary/aromatic N) is 2. The van der Waals surface area contributed by atoms with E-state index in [-0.39, 0.29) is 30.1 Å². The van der Waals surface area contributed by atoms with Gasteiger partial charge in [0.1, 0.15) is 0 Å². The van der Waals surface area contributed by atoms with Crippen molar-refractivity contribution in [3.05, 3.63) is 46.6 Å². The lowest BCUT2D eigenvalue weighted by Gasteiger charge is -2.39. The maximum absolute atomic E-state index is 11.9. The first-order chi connectivity index (χ1) is 13.5. The number of rotatable bonds is 9. The van der Waals surface area contributed by atoms with Gasteiger partial charge in [-0.05, 0) is 37.0 Å². The second-order valence-electron chi connectivity index (χ2n) is 6.97. The van der Waals surface area contributed by atoms with Crippen molar-refractivity contribution >= 4 is 23.5 Å². The fourth-order valence-corrected chi connectivity index (χ4v) is 3.47. The first kappa shape index (κ1) is 20.3. The summed E-state index contributed by atoms with van der Waals surface area (Å²) in [7, 11) is 1.35. The van der Waals surface area contributed by atoms with Gasteiger partial charge < -0.3 is 14.5 Å². The van der Waals surface area contributed by atoms with Crippen molar-refractivity contribution in [2.75, 3.05) is 13.7 Å². The Bertz CT molecular complexity index is 815. The van der Waals surface area contributed by atoms with Gasteiger partial charge in [0, 0.05) is 30.8 Å². The molecule has 150 valence electrons. The number of halogens is 1. The van der Waals surface area contributed by atoms with E-state index >= 15 is 0 Å². The quantitative estimate of drug-likeness (QED) is 0.508. The lowest BCUT2D eigenvalue weighted by molar-refractivity contribution is -0.140. The Morgan fingerprint density at radius 3 is 2.61 bits per heavy atom. The third-order valence-corrected chi connectivity index (χ3v) is 5.41. The van der Waals surface area contributed by atoms with E-state index in [0.717, 1.165) is 24.8 Å². The molecular weight excluding hydrogens is 382 g/mol. The van der Waals surface area contributed by atoms with Crippen molar-refractivity contribution in [3.8, 4) is 0 Å². The molecular formula is C20H24ClN3O4. The number of benzene rings is 1. The first-order valence-electron chi connectivity index (χ1n) is 9.46. The van der Waals surface area contributed by atoms with E-state index in [0.29, 0.717) is 36.2 Å². The molecule has 0 saturated heterocycles. The van der Waals surface area contributed by atoms with E-state index in [1.54, 1.807) is 0 Å². The monoisotopic (exact) mass is 405 g/mol. The predicted molar refractivity (Wildman–Crippen MR) is 103 cm³/mol. The highest BCUT2D eigenvalue weighted by Crippen LogP contribution is 2.48. The van der Waals surface area contributed by atoms with Gasteiger partial charge >= 0.3 is 5.97 Å². The first-order valence-corrected chi connectivity index (χ1v) is 9.84. The van der Waals surface area contributed by atoms with Crippen molar-refractivity contribution in [1.29, 1.82) is 0 Å². The largest absolute Gasteiger partial charge is 0.469 e. The van der Waals surface area contributed by atoms with Crippen LogP contribution in [0.15, 0.2) is 28.7 Å². The molecule has 8 heteroatoms. The van der Waals surface area contributed by atoms with Gasteiger partial charge in [-0.15, -0.1) is 10.2 Å². The fraction of sp³-hybridized carbons (Fsp3) is 0.500. The second-order valence-corrected chi connectivity index (χ2v) is 7.41. The van der Waals surface area contributed by atoms with Gasteiger partial charge in [-0.1, -0.05) is 30.2 Å². The van der Waals surface area contributed by atoms with Crippen LogP contribution in [0.25, 0.3) is 0 Å². The number of nitrogens with one attached hydrogen (secondary N) is 1. The van der Waals surface area contributed by atoms with Gasteiger partial charge in [0.05, 0.1) is 12.5 Å². The van der Waals surface area contributed by atoms with E-state index in [2.05, 4.69) is 20.3 Å². The van der Waals surface area contributed by atoms with Crippen LogP contribution in [0.4, 0.5) is 0 Å². The van der Waals surface area contributed by atoms with Crippen molar-refractivity contribution in [3.63, 3.8) is 0 Å². The van der Waals surface area contributed by atoms with Crippen LogP contribution in [0.1, 0.15) is 55.9 Å². The predicted octanol–water partition coefficient (Wildman–Crippen LogP) is 3.20. The van der Waals surface area contributed by atoms with Crippen molar-refractivity contribution < 1.29 is 18.7 Å². The zero-order valence-electron chi connectivity index (χ0n) is 15.9. The summed E-state index contributed by atoms with van der Waals surface area (Å²) in [5.74, 6) is 0.674. The van der Waals surface area contributed by atoms with E-state index in [4.69, 9.17) is 16.0 Å². The molecule has 0 unspecified atom stereocenters. The van der Waals surface area contributed by atoms with Crippen LogP contribution in [0, 0.1) is 0 Å². The molecule has 1 aromatic carbocycles. The van der Waals surface area contributed by atoms with Crippen LogP contribution in [-0.2, 0) is 26.2 Å². The summed E-state index contributed by atoms with van der Waals surface area (Å²) in [4.78, 5) is 23.0. The molecule has 2 aromatic rings. The maximum Gasteiger partial charge on any atom is 0.305 e. The highest BCUT2D eigenvalue weighted by molar-refractivity contribution is 6.30. The Hall–Kier alpha value is -2.41.